The standard InChI is InChI=1S/C20H21F7/c1-2-3-12-4-6-13(7-5-12)18(23)19(24)14-10-16(21)15(17(22)11-14)8-9-20(25,26)27/h8-13H,2-7H2,1H3. The Morgan fingerprint density at radius 1 is 1.04 bits per heavy atom. The molecule has 0 aliphatic heterocycles. The van der Waals surface area contributed by atoms with Gasteiger partial charge in [0.2, 0.25) is 0 Å². The average Bonchev–Trinajstić information content (AvgIpc) is 2.59. The van der Waals surface area contributed by atoms with Gasteiger partial charge in [-0.2, -0.15) is 13.2 Å². The zero-order valence-corrected chi connectivity index (χ0v) is 14.9. The predicted molar refractivity (Wildman–Crippen MR) is 90.9 cm³/mol. The molecule has 0 radical (unpaired) electrons. The number of halogens is 7. The molecule has 0 spiro atoms. The van der Waals surface area contributed by atoms with Crippen molar-refractivity contribution < 1.29 is 30.7 Å². The number of allylic oxidation sites excluding steroid dienone is 2. The van der Waals surface area contributed by atoms with Crippen molar-refractivity contribution in [2.24, 2.45) is 11.8 Å². The van der Waals surface area contributed by atoms with E-state index in [-0.39, 0.29) is 12.2 Å². The Morgan fingerprint density at radius 2 is 1.59 bits per heavy atom. The van der Waals surface area contributed by atoms with Crippen LogP contribution in [0.25, 0.3) is 11.9 Å². The van der Waals surface area contributed by atoms with Crippen LogP contribution < -0.4 is 0 Å². The highest BCUT2D eigenvalue weighted by Gasteiger charge is 2.27. The molecule has 1 saturated carbocycles. The molecular weight excluding hydrogens is 373 g/mol. The fourth-order valence-electron chi connectivity index (χ4n) is 3.48. The van der Waals surface area contributed by atoms with Crippen molar-refractivity contribution in [3.05, 3.63) is 46.8 Å². The van der Waals surface area contributed by atoms with Gasteiger partial charge in [-0.1, -0.05) is 19.8 Å². The van der Waals surface area contributed by atoms with Crippen LogP contribution in [0.4, 0.5) is 30.7 Å². The lowest BCUT2D eigenvalue weighted by molar-refractivity contribution is -0.0790. The van der Waals surface area contributed by atoms with Gasteiger partial charge in [-0.15, -0.1) is 0 Å². The summed E-state index contributed by atoms with van der Waals surface area (Å²) in [5, 5.41) is 0. The van der Waals surface area contributed by atoms with E-state index in [1.165, 1.54) is 0 Å². The second-order valence-corrected chi connectivity index (χ2v) is 6.90. The van der Waals surface area contributed by atoms with Crippen molar-refractivity contribution in [2.45, 2.75) is 51.6 Å². The molecule has 0 saturated heterocycles. The molecule has 0 heterocycles. The van der Waals surface area contributed by atoms with Crippen LogP contribution in [0, 0.1) is 23.5 Å². The molecule has 1 aromatic carbocycles. The topological polar surface area (TPSA) is 0 Å². The van der Waals surface area contributed by atoms with Crippen LogP contribution in [0.2, 0.25) is 0 Å². The van der Waals surface area contributed by atoms with Gasteiger partial charge in [-0.05, 0) is 49.8 Å². The van der Waals surface area contributed by atoms with Crippen LogP contribution in [-0.2, 0) is 0 Å². The molecular formula is C20H21F7. The lowest BCUT2D eigenvalue weighted by Crippen LogP contribution is -2.15. The van der Waals surface area contributed by atoms with E-state index in [9.17, 15) is 30.7 Å². The van der Waals surface area contributed by atoms with E-state index in [2.05, 4.69) is 6.92 Å². The lowest BCUT2D eigenvalue weighted by atomic mass is 9.79. The quantitative estimate of drug-likeness (QED) is 0.448. The third kappa shape index (κ3) is 5.84. The summed E-state index contributed by atoms with van der Waals surface area (Å²) in [7, 11) is 0. The molecule has 1 aromatic rings. The van der Waals surface area contributed by atoms with Crippen LogP contribution in [-0.4, -0.2) is 6.18 Å². The molecule has 0 amide bonds. The first-order valence-electron chi connectivity index (χ1n) is 8.93. The molecule has 7 heteroatoms. The Kier molecular flexibility index (Phi) is 7.12. The van der Waals surface area contributed by atoms with Gasteiger partial charge in [0.15, 0.2) is 5.83 Å². The van der Waals surface area contributed by atoms with Gasteiger partial charge in [-0.3, -0.25) is 0 Å². The normalized spacial score (nSPS) is 22.2. The first kappa shape index (κ1) is 21.5. The lowest BCUT2D eigenvalue weighted by Gasteiger charge is -2.27. The van der Waals surface area contributed by atoms with Crippen molar-refractivity contribution in [1.29, 1.82) is 0 Å². The van der Waals surface area contributed by atoms with E-state index in [1.54, 1.807) is 0 Å². The fraction of sp³-hybridized carbons (Fsp3) is 0.500. The highest BCUT2D eigenvalue weighted by Crippen LogP contribution is 2.39. The van der Waals surface area contributed by atoms with Gasteiger partial charge in [-0.25, -0.2) is 17.6 Å². The van der Waals surface area contributed by atoms with Gasteiger partial charge in [0.05, 0.1) is 0 Å². The van der Waals surface area contributed by atoms with Crippen LogP contribution in [0.3, 0.4) is 0 Å². The number of alkyl halides is 3. The summed E-state index contributed by atoms with van der Waals surface area (Å²) in [4.78, 5) is 0. The van der Waals surface area contributed by atoms with E-state index in [0.29, 0.717) is 30.9 Å². The van der Waals surface area contributed by atoms with Gasteiger partial charge in [0.25, 0.3) is 0 Å². The van der Waals surface area contributed by atoms with E-state index >= 15 is 0 Å². The summed E-state index contributed by atoms with van der Waals surface area (Å²) in [6.45, 7) is 2.06. The second kappa shape index (κ2) is 8.93. The molecule has 1 aliphatic carbocycles. The molecule has 1 aliphatic rings. The van der Waals surface area contributed by atoms with E-state index in [1.807, 2.05) is 0 Å². The molecule has 27 heavy (non-hydrogen) atoms. The number of rotatable bonds is 5. The molecule has 0 bridgehead atoms. The third-order valence-corrected chi connectivity index (χ3v) is 4.88. The summed E-state index contributed by atoms with van der Waals surface area (Å²) in [5.74, 6) is -5.36. The van der Waals surface area contributed by atoms with Crippen molar-refractivity contribution >= 4 is 11.9 Å². The molecule has 1 fully saturated rings. The molecule has 2 rings (SSSR count). The van der Waals surface area contributed by atoms with Crippen LogP contribution in [0.5, 0.6) is 0 Å². The summed E-state index contributed by atoms with van der Waals surface area (Å²) >= 11 is 0. The van der Waals surface area contributed by atoms with Crippen molar-refractivity contribution in [1.82, 2.24) is 0 Å². The van der Waals surface area contributed by atoms with E-state index in [0.717, 1.165) is 25.7 Å². The minimum absolute atomic E-state index is 0.224. The van der Waals surface area contributed by atoms with Gasteiger partial charge >= 0.3 is 6.18 Å². The third-order valence-electron chi connectivity index (χ3n) is 4.88. The minimum Gasteiger partial charge on any atom is -0.208 e. The van der Waals surface area contributed by atoms with E-state index < -0.39 is 46.5 Å². The molecule has 0 aromatic heterocycles. The smallest absolute Gasteiger partial charge is 0.208 e. The maximum Gasteiger partial charge on any atom is 0.409 e. The summed E-state index contributed by atoms with van der Waals surface area (Å²) in [5.41, 5.74) is -1.60. The zero-order valence-electron chi connectivity index (χ0n) is 14.9. The van der Waals surface area contributed by atoms with Gasteiger partial charge < -0.3 is 0 Å². The number of hydrogen-bond donors (Lipinski definition) is 0. The predicted octanol–water partition coefficient (Wildman–Crippen LogP) is 7.75. The fourth-order valence-corrected chi connectivity index (χ4v) is 3.48. The Morgan fingerprint density at radius 3 is 2.07 bits per heavy atom. The Labute approximate surface area is 153 Å². The monoisotopic (exact) mass is 394 g/mol. The molecule has 0 unspecified atom stereocenters. The minimum atomic E-state index is -4.74. The Bertz CT molecular complexity index is 685. The first-order valence-corrected chi connectivity index (χ1v) is 8.93. The van der Waals surface area contributed by atoms with Gasteiger partial charge in [0, 0.05) is 23.1 Å². The van der Waals surface area contributed by atoms with E-state index in [4.69, 9.17) is 0 Å². The largest absolute Gasteiger partial charge is 0.409 e. The molecule has 0 nitrogen and oxygen atoms in total. The van der Waals surface area contributed by atoms with Crippen molar-refractivity contribution in [2.75, 3.05) is 0 Å². The second-order valence-electron chi connectivity index (χ2n) is 6.90. The van der Waals surface area contributed by atoms with Crippen LogP contribution in [0.1, 0.15) is 56.6 Å². The van der Waals surface area contributed by atoms with Crippen LogP contribution in [0.15, 0.2) is 24.0 Å². The Hall–Kier alpha value is -1.79. The summed E-state index contributed by atoms with van der Waals surface area (Å²) in [6.07, 6.45) is -0.336. The summed E-state index contributed by atoms with van der Waals surface area (Å²) < 4.78 is 93.1. The highest BCUT2D eigenvalue weighted by molar-refractivity contribution is 5.64. The number of hydrogen-bond acceptors (Lipinski definition) is 0. The average molecular weight is 394 g/mol. The molecule has 0 atom stereocenters. The maximum atomic E-state index is 14.4. The zero-order chi connectivity index (χ0) is 20.2. The SMILES string of the molecule is CCCC1CCC(C(F)=C(F)c2cc(F)c(C=CC(F)(F)F)c(F)c2)CC1. The Balaban J connectivity index is 2.22. The van der Waals surface area contributed by atoms with Crippen molar-refractivity contribution in [3.8, 4) is 0 Å². The highest BCUT2D eigenvalue weighted by atomic mass is 19.4. The van der Waals surface area contributed by atoms with Crippen LogP contribution >= 0.6 is 0 Å². The summed E-state index contributed by atoms with van der Waals surface area (Å²) in [6, 6.07) is 1.02. The van der Waals surface area contributed by atoms with Gasteiger partial charge in [0.1, 0.15) is 17.5 Å². The molecule has 0 N–H and O–H groups in total. The maximum absolute atomic E-state index is 14.4. The number of benzene rings is 1. The first-order chi connectivity index (χ1) is 12.6. The van der Waals surface area contributed by atoms with Crippen molar-refractivity contribution in [3.63, 3.8) is 0 Å². The molecule has 150 valence electrons.